The fourth-order valence-electron chi connectivity index (χ4n) is 3.13. The number of para-hydroxylation sites is 1. The summed E-state index contributed by atoms with van der Waals surface area (Å²) in [6, 6.07) is 10.5. The van der Waals surface area contributed by atoms with E-state index in [0.29, 0.717) is 6.04 Å². The number of hydrogen-bond acceptors (Lipinski definition) is 5. The van der Waals surface area contributed by atoms with Crippen molar-refractivity contribution in [3.05, 3.63) is 42.2 Å². The average molecular weight is 315 g/mol. The molecule has 124 valence electrons. The zero-order valence-electron chi connectivity index (χ0n) is 13.8. The lowest BCUT2D eigenvalue weighted by atomic mass is 10.1. The molecule has 0 unspecified atom stereocenters. The van der Waals surface area contributed by atoms with Gasteiger partial charge in [0.15, 0.2) is 0 Å². The van der Waals surface area contributed by atoms with E-state index in [2.05, 4.69) is 27.0 Å². The van der Waals surface area contributed by atoms with Crippen LogP contribution >= 0.6 is 0 Å². The largest absolute Gasteiger partial charge is 0.392 e. The number of aliphatic hydroxyl groups is 1. The molecule has 1 aliphatic rings. The highest BCUT2D eigenvalue weighted by atomic mass is 16.3. The zero-order valence-corrected chi connectivity index (χ0v) is 13.8. The molecular weight excluding hydrogens is 290 g/mol. The Morgan fingerprint density at radius 2 is 2.04 bits per heavy atom. The number of rotatable bonds is 5. The van der Waals surface area contributed by atoms with Crippen LogP contribution in [0.1, 0.15) is 19.5 Å². The van der Waals surface area contributed by atoms with E-state index >= 15 is 0 Å². The molecule has 1 aromatic carbocycles. The molecule has 1 N–H and O–H groups in total. The van der Waals surface area contributed by atoms with Crippen LogP contribution in [0.2, 0.25) is 0 Å². The molecule has 0 aliphatic carbocycles. The van der Waals surface area contributed by atoms with E-state index in [4.69, 9.17) is 0 Å². The summed E-state index contributed by atoms with van der Waals surface area (Å²) >= 11 is 0. The van der Waals surface area contributed by atoms with Crippen LogP contribution in [0.5, 0.6) is 0 Å². The Morgan fingerprint density at radius 1 is 1.26 bits per heavy atom. The molecule has 0 radical (unpaired) electrons. The van der Waals surface area contributed by atoms with E-state index in [0.717, 1.165) is 44.1 Å². The summed E-state index contributed by atoms with van der Waals surface area (Å²) in [5, 5.41) is 18.1. The fourth-order valence-corrected chi connectivity index (χ4v) is 3.13. The quantitative estimate of drug-likeness (QED) is 0.897. The summed E-state index contributed by atoms with van der Waals surface area (Å²) in [5.74, 6) is 0. The van der Waals surface area contributed by atoms with Crippen molar-refractivity contribution in [3.8, 4) is 5.69 Å². The first-order chi connectivity index (χ1) is 11.1. The van der Waals surface area contributed by atoms with Crippen LogP contribution in [-0.4, -0.2) is 68.2 Å². The lowest BCUT2D eigenvalue weighted by Gasteiger charge is -2.40. The van der Waals surface area contributed by atoms with E-state index in [9.17, 15) is 5.11 Å². The van der Waals surface area contributed by atoms with Crippen molar-refractivity contribution >= 4 is 0 Å². The molecule has 23 heavy (non-hydrogen) atoms. The van der Waals surface area contributed by atoms with Gasteiger partial charge in [-0.1, -0.05) is 23.4 Å². The number of β-amino-alcohol motifs (C(OH)–C–C–N with tert-alkyl or cyclic N) is 1. The molecule has 1 saturated heterocycles. The minimum Gasteiger partial charge on any atom is -0.392 e. The molecule has 2 atom stereocenters. The second-order valence-corrected chi connectivity index (χ2v) is 6.42. The van der Waals surface area contributed by atoms with Crippen LogP contribution in [0, 0.1) is 0 Å². The number of aromatic nitrogens is 3. The molecule has 6 heteroatoms. The van der Waals surface area contributed by atoms with E-state index in [1.54, 1.807) is 0 Å². The molecule has 1 aromatic heterocycles. The third kappa shape index (κ3) is 4.16. The molecule has 0 amide bonds. The van der Waals surface area contributed by atoms with Gasteiger partial charge in [-0.05, 0) is 26.0 Å². The predicted octanol–water partition coefficient (Wildman–Crippen LogP) is 1.15. The van der Waals surface area contributed by atoms with Crippen molar-refractivity contribution in [2.75, 3.05) is 26.2 Å². The number of piperazine rings is 1. The van der Waals surface area contributed by atoms with Gasteiger partial charge in [-0.3, -0.25) is 9.80 Å². The minimum atomic E-state index is -0.269. The Balaban J connectivity index is 1.58. The normalized spacial score (nSPS) is 21.4. The summed E-state index contributed by atoms with van der Waals surface area (Å²) in [6.45, 7) is 8.61. The smallest absolute Gasteiger partial charge is 0.0971 e. The highest BCUT2D eigenvalue weighted by molar-refractivity contribution is 5.29. The zero-order chi connectivity index (χ0) is 16.2. The molecule has 1 fully saturated rings. The summed E-state index contributed by atoms with van der Waals surface area (Å²) in [4.78, 5) is 4.75. The molecule has 0 saturated carbocycles. The van der Waals surface area contributed by atoms with Gasteiger partial charge in [0, 0.05) is 38.8 Å². The number of aliphatic hydroxyl groups excluding tert-OH is 1. The maximum atomic E-state index is 9.56. The van der Waals surface area contributed by atoms with E-state index in [1.165, 1.54) is 0 Å². The van der Waals surface area contributed by atoms with Gasteiger partial charge in [0.2, 0.25) is 0 Å². The Morgan fingerprint density at radius 3 is 2.74 bits per heavy atom. The molecule has 3 rings (SSSR count). The highest BCUT2D eigenvalue weighted by Gasteiger charge is 2.24. The van der Waals surface area contributed by atoms with E-state index in [1.807, 2.05) is 48.1 Å². The van der Waals surface area contributed by atoms with Gasteiger partial charge in [0.25, 0.3) is 0 Å². The minimum absolute atomic E-state index is 0.269. The van der Waals surface area contributed by atoms with Crippen molar-refractivity contribution < 1.29 is 5.11 Å². The average Bonchev–Trinajstić information content (AvgIpc) is 2.99. The third-order valence-corrected chi connectivity index (χ3v) is 4.30. The Hall–Kier alpha value is -1.76. The predicted molar refractivity (Wildman–Crippen MR) is 89.4 cm³/mol. The van der Waals surface area contributed by atoms with Crippen molar-refractivity contribution in [3.63, 3.8) is 0 Å². The SMILES string of the molecule is C[C@@H]1CN(Cc2cn(-c3ccccc3)nn2)CCN1C[C@@H](C)O. The van der Waals surface area contributed by atoms with Gasteiger partial charge in [0.1, 0.15) is 0 Å². The molecule has 2 aromatic rings. The molecule has 6 nitrogen and oxygen atoms in total. The molecule has 1 aliphatic heterocycles. The first kappa shape index (κ1) is 16.1. The maximum Gasteiger partial charge on any atom is 0.0971 e. The van der Waals surface area contributed by atoms with Crippen molar-refractivity contribution in [2.24, 2.45) is 0 Å². The van der Waals surface area contributed by atoms with Crippen LogP contribution in [0.3, 0.4) is 0 Å². The van der Waals surface area contributed by atoms with Crippen molar-refractivity contribution in [1.82, 2.24) is 24.8 Å². The standard InChI is InChI=1S/C17H25N5O/c1-14-10-20(8-9-21(14)11-15(2)23)12-16-13-22(19-18-16)17-6-4-3-5-7-17/h3-7,13-15,23H,8-12H2,1-2H3/t14-,15-/m1/s1. The Labute approximate surface area is 137 Å². The fraction of sp³-hybridized carbons (Fsp3) is 0.529. The number of nitrogens with zero attached hydrogens (tertiary/aromatic N) is 5. The highest BCUT2D eigenvalue weighted by Crippen LogP contribution is 2.13. The van der Waals surface area contributed by atoms with Gasteiger partial charge in [-0.2, -0.15) is 0 Å². The van der Waals surface area contributed by atoms with Crippen LogP contribution in [0.4, 0.5) is 0 Å². The first-order valence-corrected chi connectivity index (χ1v) is 8.23. The first-order valence-electron chi connectivity index (χ1n) is 8.23. The molecule has 2 heterocycles. The number of hydrogen-bond donors (Lipinski definition) is 1. The molecule has 0 bridgehead atoms. The van der Waals surface area contributed by atoms with Gasteiger partial charge < -0.3 is 5.11 Å². The van der Waals surface area contributed by atoms with Gasteiger partial charge in [-0.15, -0.1) is 5.10 Å². The summed E-state index contributed by atoms with van der Waals surface area (Å²) in [7, 11) is 0. The van der Waals surface area contributed by atoms with Crippen LogP contribution in [0.25, 0.3) is 5.69 Å². The molecule has 0 spiro atoms. The maximum absolute atomic E-state index is 9.56. The van der Waals surface area contributed by atoms with Gasteiger partial charge in [0.05, 0.1) is 23.7 Å². The van der Waals surface area contributed by atoms with E-state index < -0.39 is 0 Å². The molecular formula is C17H25N5O. The van der Waals surface area contributed by atoms with Crippen LogP contribution in [0.15, 0.2) is 36.5 Å². The van der Waals surface area contributed by atoms with Gasteiger partial charge >= 0.3 is 0 Å². The van der Waals surface area contributed by atoms with Crippen LogP contribution < -0.4 is 0 Å². The summed E-state index contributed by atoms with van der Waals surface area (Å²) in [5.41, 5.74) is 2.02. The van der Waals surface area contributed by atoms with Crippen LogP contribution in [-0.2, 0) is 6.54 Å². The lowest BCUT2D eigenvalue weighted by Crippen LogP contribution is -2.53. The second kappa shape index (κ2) is 7.21. The number of benzene rings is 1. The van der Waals surface area contributed by atoms with Crippen molar-refractivity contribution in [2.45, 2.75) is 32.5 Å². The Kier molecular flexibility index (Phi) is 5.05. The second-order valence-electron chi connectivity index (χ2n) is 6.42. The topological polar surface area (TPSA) is 57.4 Å². The van der Waals surface area contributed by atoms with Gasteiger partial charge in [-0.25, -0.2) is 4.68 Å². The van der Waals surface area contributed by atoms with Crippen molar-refractivity contribution in [1.29, 1.82) is 0 Å². The Bertz CT molecular complexity index is 612. The monoisotopic (exact) mass is 315 g/mol. The van der Waals surface area contributed by atoms with E-state index in [-0.39, 0.29) is 6.10 Å². The summed E-state index contributed by atoms with van der Waals surface area (Å²) in [6.07, 6.45) is 1.73. The summed E-state index contributed by atoms with van der Waals surface area (Å²) < 4.78 is 1.82. The third-order valence-electron chi connectivity index (χ3n) is 4.30. The lowest BCUT2D eigenvalue weighted by molar-refractivity contribution is 0.0418.